The fraction of sp³-hybridized carbons (Fsp3) is 0.138. The Bertz CT molecular complexity index is 1670. The van der Waals surface area contributed by atoms with Crippen molar-refractivity contribution < 1.29 is 18.7 Å². The minimum absolute atomic E-state index is 0.152. The molecule has 186 valence electrons. The van der Waals surface area contributed by atoms with Crippen molar-refractivity contribution in [2.75, 3.05) is 13.7 Å². The summed E-state index contributed by atoms with van der Waals surface area (Å²) >= 11 is 1.22. The first-order valence-electron chi connectivity index (χ1n) is 11.7. The van der Waals surface area contributed by atoms with E-state index in [4.69, 9.17) is 14.5 Å². The van der Waals surface area contributed by atoms with Gasteiger partial charge in [0.1, 0.15) is 11.6 Å². The molecule has 0 fully saturated rings. The number of hydrogen-bond donors (Lipinski definition) is 0. The molecular formula is C29H23FN2O4S. The molecule has 6 nitrogen and oxygen atoms in total. The lowest BCUT2D eigenvalue weighted by molar-refractivity contribution is -0.138. The molecule has 0 spiro atoms. The van der Waals surface area contributed by atoms with E-state index in [1.807, 2.05) is 54.6 Å². The van der Waals surface area contributed by atoms with E-state index >= 15 is 0 Å². The van der Waals surface area contributed by atoms with Gasteiger partial charge < -0.3 is 9.47 Å². The number of fused-ring (bicyclic) bond motifs is 1. The molecule has 0 bridgehead atoms. The summed E-state index contributed by atoms with van der Waals surface area (Å²) in [5.74, 6) is -0.378. The van der Waals surface area contributed by atoms with Crippen molar-refractivity contribution in [1.29, 1.82) is 0 Å². The number of aromatic nitrogens is 1. The maximum atomic E-state index is 13.9. The molecule has 1 aliphatic heterocycles. The van der Waals surface area contributed by atoms with Gasteiger partial charge in [-0.1, -0.05) is 72.0 Å². The molecule has 1 aliphatic rings. The highest BCUT2D eigenvalue weighted by Crippen LogP contribution is 2.35. The van der Waals surface area contributed by atoms with Crippen LogP contribution >= 0.6 is 11.3 Å². The predicted molar refractivity (Wildman–Crippen MR) is 140 cm³/mol. The van der Waals surface area contributed by atoms with Gasteiger partial charge in [-0.05, 0) is 36.8 Å². The molecule has 2 heterocycles. The van der Waals surface area contributed by atoms with Crippen molar-refractivity contribution in [3.63, 3.8) is 0 Å². The fourth-order valence-corrected chi connectivity index (χ4v) is 5.32. The summed E-state index contributed by atoms with van der Waals surface area (Å²) in [6.07, 6.45) is 1.75. The molecule has 0 amide bonds. The van der Waals surface area contributed by atoms with Crippen molar-refractivity contribution in [2.45, 2.75) is 13.0 Å². The number of carbonyl (C=O) groups is 1. The minimum atomic E-state index is -0.856. The zero-order chi connectivity index (χ0) is 25.9. The van der Waals surface area contributed by atoms with Crippen LogP contribution < -0.4 is 19.6 Å². The minimum Gasteiger partial charge on any atom is -0.496 e. The Morgan fingerprint density at radius 3 is 2.46 bits per heavy atom. The average molecular weight is 515 g/mol. The highest BCUT2D eigenvalue weighted by Gasteiger charge is 2.35. The number of ether oxygens (including phenoxy) is 2. The van der Waals surface area contributed by atoms with Crippen molar-refractivity contribution in [2.24, 2.45) is 4.99 Å². The molecule has 3 aromatic carbocycles. The number of hydrogen-bond acceptors (Lipinski definition) is 6. The van der Waals surface area contributed by atoms with Crippen LogP contribution in [0.15, 0.2) is 94.2 Å². The van der Waals surface area contributed by atoms with Gasteiger partial charge in [-0.2, -0.15) is 0 Å². The quantitative estimate of drug-likeness (QED) is 0.364. The Labute approximate surface area is 216 Å². The molecule has 8 heteroatoms. The second-order valence-electron chi connectivity index (χ2n) is 8.22. The summed E-state index contributed by atoms with van der Waals surface area (Å²) in [5.41, 5.74) is 2.33. The Morgan fingerprint density at radius 1 is 1.05 bits per heavy atom. The van der Waals surface area contributed by atoms with E-state index in [0.717, 1.165) is 5.56 Å². The van der Waals surface area contributed by atoms with Crippen LogP contribution in [0.25, 0.3) is 11.8 Å². The highest BCUT2D eigenvalue weighted by molar-refractivity contribution is 7.07. The van der Waals surface area contributed by atoms with E-state index in [2.05, 4.69) is 0 Å². The summed E-state index contributed by atoms with van der Waals surface area (Å²) in [6.45, 7) is 1.87. The van der Waals surface area contributed by atoms with Crippen LogP contribution in [0.4, 0.5) is 4.39 Å². The molecule has 0 unspecified atom stereocenters. The van der Waals surface area contributed by atoms with Gasteiger partial charge in [-0.3, -0.25) is 9.36 Å². The smallest absolute Gasteiger partial charge is 0.338 e. The van der Waals surface area contributed by atoms with Crippen molar-refractivity contribution in [3.05, 3.63) is 127 Å². The van der Waals surface area contributed by atoms with Crippen LogP contribution in [0.3, 0.4) is 0 Å². The monoisotopic (exact) mass is 514 g/mol. The lowest BCUT2D eigenvalue weighted by atomic mass is 9.93. The van der Waals surface area contributed by atoms with Crippen LogP contribution in [-0.2, 0) is 9.53 Å². The summed E-state index contributed by atoms with van der Waals surface area (Å²) in [4.78, 5) is 32.4. The maximum absolute atomic E-state index is 13.9. The van der Waals surface area contributed by atoms with E-state index in [1.54, 1.807) is 32.2 Å². The van der Waals surface area contributed by atoms with Crippen LogP contribution in [0.1, 0.15) is 29.7 Å². The molecule has 5 rings (SSSR count). The summed E-state index contributed by atoms with van der Waals surface area (Å²) < 4.78 is 26.6. The molecule has 0 N–H and O–H groups in total. The number of esters is 1. The Kier molecular flexibility index (Phi) is 6.83. The van der Waals surface area contributed by atoms with Crippen LogP contribution in [0.5, 0.6) is 5.75 Å². The number of rotatable bonds is 6. The van der Waals surface area contributed by atoms with Gasteiger partial charge >= 0.3 is 5.97 Å². The third-order valence-corrected chi connectivity index (χ3v) is 6.97. The Morgan fingerprint density at radius 2 is 1.76 bits per heavy atom. The highest BCUT2D eigenvalue weighted by atomic mass is 32.1. The van der Waals surface area contributed by atoms with E-state index in [-0.39, 0.29) is 17.7 Å². The fourth-order valence-electron chi connectivity index (χ4n) is 4.33. The van der Waals surface area contributed by atoms with Crippen molar-refractivity contribution in [3.8, 4) is 5.75 Å². The summed E-state index contributed by atoms with van der Waals surface area (Å²) in [7, 11) is 1.57. The molecule has 0 saturated heterocycles. The predicted octanol–water partition coefficient (Wildman–Crippen LogP) is 4.08. The van der Waals surface area contributed by atoms with E-state index in [9.17, 15) is 14.0 Å². The molecule has 1 aromatic heterocycles. The molecule has 4 aromatic rings. The van der Waals surface area contributed by atoms with Crippen LogP contribution in [-0.4, -0.2) is 24.3 Å². The van der Waals surface area contributed by atoms with Crippen molar-refractivity contribution in [1.82, 2.24) is 4.57 Å². The first-order valence-corrected chi connectivity index (χ1v) is 12.5. The third kappa shape index (κ3) is 4.63. The van der Waals surface area contributed by atoms with Gasteiger partial charge in [0.2, 0.25) is 0 Å². The number of methoxy groups -OCH3 is 1. The lowest BCUT2D eigenvalue weighted by Gasteiger charge is -2.25. The number of nitrogens with zero attached hydrogens (tertiary/aromatic N) is 2. The van der Waals surface area contributed by atoms with Gasteiger partial charge in [0.25, 0.3) is 5.56 Å². The number of thiazole rings is 1. The van der Waals surface area contributed by atoms with Crippen molar-refractivity contribution >= 4 is 29.1 Å². The topological polar surface area (TPSA) is 69.9 Å². The molecular weight excluding hydrogens is 491 g/mol. The van der Waals surface area contributed by atoms with E-state index in [1.165, 1.54) is 28.0 Å². The summed E-state index contributed by atoms with van der Waals surface area (Å²) in [5, 5.41) is 0. The largest absolute Gasteiger partial charge is 0.496 e. The number of benzene rings is 3. The standard InChI is InChI=1S/C29H23FN2O4S/c1-3-36-28(34)24-25(18-9-5-4-6-10-18)31-29-32(26(24)19-13-15-21(30)16-14-19)27(33)23(37-29)17-20-11-7-8-12-22(20)35-2/h4-17,26H,3H2,1-2H3/b23-17+/t26-/m0/s1. The normalized spacial score (nSPS) is 15.2. The zero-order valence-electron chi connectivity index (χ0n) is 20.2. The molecule has 0 saturated carbocycles. The number of para-hydroxylation sites is 1. The van der Waals surface area contributed by atoms with Gasteiger partial charge in [0, 0.05) is 11.1 Å². The Hall–Kier alpha value is -4.30. The SMILES string of the molecule is CCOC(=O)C1=C(c2ccccc2)N=c2s/c(=C/c3ccccc3OC)c(=O)n2[C@H]1c1ccc(F)cc1. The zero-order valence-corrected chi connectivity index (χ0v) is 21.0. The maximum Gasteiger partial charge on any atom is 0.338 e. The Balaban J connectivity index is 1.84. The van der Waals surface area contributed by atoms with E-state index < -0.39 is 17.8 Å². The molecule has 37 heavy (non-hydrogen) atoms. The average Bonchev–Trinajstić information content (AvgIpc) is 3.23. The second kappa shape index (κ2) is 10.4. The van der Waals surface area contributed by atoms with Gasteiger partial charge in [-0.15, -0.1) is 0 Å². The van der Waals surface area contributed by atoms with Gasteiger partial charge in [-0.25, -0.2) is 14.2 Å². The molecule has 1 atom stereocenters. The molecule has 0 aliphatic carbocycles. The van der Waals surface area contributed by atoms with E-state index in [0.29, 0.717) is 31.9 Å². The number of halogens is 1. The lowest BCUT2D eigenvalue weighted by Crippen LogP contribution is -2.40. The van der Waals surface area contributed by atoms with Gasteiger partial charge in [0.15, 0.2) is 4.80 Å². The molecule has 0 radical (unpaired) electrons. The van der Waals surface area contributed by atoms with Crippen LogP contribution in [0.2, 0.25) is 0 Å². The first kappa shape index (κ1) is 24.4. The number of carbonyl (C=O) groups excluding carboxylic acids is 1. The summed E-state index contributed by atoms with van der Waals surface area (Å²) in [6, 6.07) is 21.6. The second-order valence-corrected chi connectivity index (χ2v) is 9.23. The van der Waals surface area contributed by atoms with Gasteiger partial charge in [0.05, 0.1) is 35.6 Å². The van der Waals surface area contributed by atoms with Crippen LogP contribution in [0, 0.1) is 5.82 Å². The third-order valence-electron chi connectivity index (χ3n) is 5.98. The first-order chi connectivity index (χ1) is 18.0.